The number of hydrogen-bond donors (Lipinski definition) is 2. The van der Waals surface area contributed by atoms with Crippen molar-refractivity contribution in [2.45, 2.75) is 6.92 Å². The van der Waals surface area contributed by atoms with Gasteiger partial charge in [-0.25, -0.2) is 4.79 Å². The molecule has 0 spiro atoms. The van der Waals surface area contributed by atoms with Crippen LogP contribution < -0.4 is 10.6 Å². The van der Waals surface area contributed by atoms with E-state index in [-0.39, 0.29) is 50.1 Å². The van der Waals surface area contributed by atoms with Crippen LogP contribution >= 0.6 is 0 Å². The van der Waals surface area contributed by atoms with Crippen molar-refractivity contribution < 1.29 is 53.3 Å². The summed E-state index contributed by atoms with van der Waals surface area (Å²) in [5.74, 6) is 0. The first kappa shape index (κ1) is 19.2. The monoisotopic (exact) mass is 547 g/mol. The Balaban J connectivity index is 0.00000225. The Kier molecular flexibility index (Phi) is 6.41. The molecule has 25 heavy (non-hydrogen) atoms. The molecule has 0 unspecified atom stereocenters. The molecule has 0 aliphatic rings. The Labute approximate surface area is 180 Å². The van der Waals surface area contributed by atoms with Crippen LogP contribution in [0.15, 0.2) is 40.8 Å². The van der Waals surface area contributed by atoms with Gasteiger partial charge in [-0.05, 0) is 30.2 Å². The minimum atomic E-state index is -0.431. The van der Waals surface area contributed by atoms with Gasteiger partial charge in [-0.2, -0.15) is 10.2 Å². The van der Waals surface area contributed by atoms with E-state index in [0.29, 0.717) is 40.0 Å². The molecule has 123 valence electrons. The maximum absolute atomic E-state index is 11.6. The number of oxazole rings is 1. The third kappa shape index (κ3) is 4.12. The molecule has 0 aliphatic carbocycles. The molecule has 3 N–H and O–H groups in total. The van der Waals surface area contributed by atoms with Crippen LogP contribution in [0.4, 0.5) is 16.5 Å². The number of benzene rings is 2. The van der Waals surface area contributed by atoms with E-state index in [1.54, 1.807) is 37.3 Å². The van der Waals surface area contributed by atoms with Crippen molar-refractivity contribution in [3.63, 3.8) is 0 Å². The van der Waals surface area contributed by atoms with Gasteiger partial charge >= 0.3 is 12.0 Å². The summed E-state index contributed by atoms with van der Waals surface area (Å²) in [6, 6.07) is 12.1. The number of nitriles is 1. The normalized spacial score (nSPS) is 9.92. The molecule has 1 aromatic heterocycles. The van der Waals surface area contributed by atoms with Gasteiger partial charge in [-0.3, -0.25) is 5.32 Å². The largest absolute Gasteiger partial charge is 0.698 e. The number of nitrogens with one attached hydrogen (secondary N) is 3. The van der Waals surface area contributed by atoms with Crippen LogP contribution in [0.25, 0.3) is 28.0 Å². The summed E-state index contributed by atoms with van der Waals surface area (Å²) >= 11 is 0. The van der Waals surface area contributed by atoms with E-state index in [0.717, 1.165) is 0 Å². The second-order valence-electron chi connectivity index (χ2n) is 5.03. The Bertz CT molecular complexity index is 961. The van der Waals surface area contributed by atoms with Gasteiger partial charge in [0.2, 0.25) is 0 Å². The van der Waals surface area contributed by atoms with E-state index in [2.05, 4.69) is 21.7 Å². The van der Waals surface area contributed by atoms with Crippen LogP contribution in [0.3, 0.4) is 0 Å². The van der Waals surface area contributed by atoms with E-state index in [4.69, 9.17) is 10.2 Å². The second kappa shape index (κ2) is 8.33. The van der Waals surface area contributed by atoms with Crippen LogP contribution in [0.1, 0.15) is 12.5 Å². The fourth-order valence-electron chi connectivity index (χ4n) is 2.36. The molecule has 3 aromatic rings. The summed E-state index contributed by atoms with van der Waals surface area (Å²) in [5.41, 5.74) is 10.8. The molecule has 0 saturated carbocycles. The number of nitrogens with zero attached hydrogens (tertiary/aromatic N) is 2. The van der Waals surface area contributed by atoms with Gasteiger partial charge in [-0.1, -0.05) is 24.3 Å². The summed E-state index contributed by atoms with van der Waals surface area (Å²) in [4.78, 5) is 15.8. The molecule has 1 heterocycles. The Morgan fingerprint density at radius 2 is 2.12 bits per heavy atom. The molecular formula is C17H14AcN5O2-. The molecular weight excluding hydrogens is 533 g/mol. The standard InChI is InChI=1S/C17H14N5O2.Ac/c1-2-20-16(23)22-17-21-14-8-10(7-11(9-18)15(14)24-17)12-5-3-4-6-13(12)19;/h3-8,19H,2H2,1H3,(H2,20,21,22,23);/q-1;. The zero-order valence-electron chi connectivity index (χ0n) is 13.5. The van der Waals surface area contributed by atoms with Gasteiger partial charge in [0.15, 0.2) is 5.58 Å². The Morgan fingerprint density at radius 1 is 1.36 bits per heavy atom. The minimum absolute atomic E-state index is 0. The van der Waals surface area contributed by atoms with Gasteiger partial charge in [0.05, 0.1) is 5.56 Å². The summed E-state index contributed by atoms with van der Waals surface area (Å²) in [7, 11) is 0. The molecule has 8 heteroatoms. The number of amides is 2. The number of fused-ring (bicyclic) bond motifs is 1. The van der Waals surface area contributed by atoms with Crippen molar-refractivity contribution in [1.29, 1.82) is 5.26 Å². The second-order valence-corrected chi connectivity index (χ2v) is 5.03. The van der Waals surface area contributed by atoms with Gasteiger partial charge in [-0.15, -0.1) is 5.69 Å². The summed E-state index contributed by atoms with van der Waals surface area (Å²) in [5, 5.41) is 14.4. The van der Waals surface area contributed by atoms with Gasteiger partial charge in [0.25, 0.3) is 0 Å². The maximum atomic E-state index is 11.6. The minimum Gasteiger partial charge on any atom is -0.698 e. The summed E-state index contributed by atoms with van der Waals surface area (Å²) in [6.45, 7) is 2.27. The number of anilines is 1. The van der Waals surface area contributed by atoms with Crippen LogP contribution in [-0.4, -0.2) is 17.6 Å². The van der Waals surface area contributed by atoms with Crippen LogP contribution in [0.5, 0.6) is 0 Å². The van der Waals surface area contributed by atoms with Gasteiger partial charge in [0.1, 0.15) is 11.6 Å². The van der Waals surface area contributed by atoms with Crippen molar-refractivity contribution in [3.05, 3.63) is 47.7 Å². The number of rotatable bonds is 3. The van der Waals surface area contributed by atoms with Crippen LogP contribution in [0.2, 0.25) is 0 Å². The molecule has 3 rings (SSSR count). The first-order valence-corrected chi connectivity index (χ1v) is 7.33. The quantitative estimate of drug-likeness (QED) is 0.512. The molecule has 0 atom stereocenters. The zero-order chi connectivity index (χ0) is 17.1. The van der Waals surface area contributed by atoms with E-state index in [1.165, 1.54) is 0 Å². The molecule has 7 nitrogen and oxygen atoms in total. The third-order valence-corrected chi connectivity index (χ3v) is 3.41. The van der Waals surface area contributed by atoms with Crippen LogP contribution in [-0.2, 0) is 0 Å². The van der Waals surface area contributed by atoms with E-state index in [9.17, 15) is 10.1 Å². The zero-order valence-corrected chi connectivity index (χ0v) is 18.2. The van der Waals surface area contributed by atoms with Crippen molar-refractivity contribution in [3.8, 4) is 17.2 Å². The first-order valence-electron chi connectivity index (χ1n) is 7.33. The molecule has 1 radical (unpaired) electrons. The number of carbonyl (C=O) groups is 1. The van der Waals surface area contributed by atoms with Gasteiger partial charge < -0.3 is 15.5 Å². The van der Waals surface area contributed by atoms with Crippen molar-refractivity contribution in [2.75, 3.05) is 11.9 Å². The average molecular weight is 547 g/mol. The van der Waals surface area contributed by atoms with Crippen molar-refractivity contribution >= 4 is 28.8 Å². The summed E-state index contributed by atoms with van der Waals surface area (Å²) in [6.07, 6.45) is 0. The van der Waals surface area contributed by atoms with E-state index >= 15 is 0 Å². The molecule has 0 fully saturated rings. The fraction of sp³-hybridized carbons (Fsp3) is 0.118. The summed E-state index contributed by atoms with van der Waals surface area (Å²) < 4.78 is 5.48. The Hall–Kier alpha value is -2.09. The van der Waals surface area contributed by atoms with Crippen molar-refractivity contribution in [2.24, 2.45) is 0 Å². The van der Waals surface area contributed by atoms with E-state index < -0.39 is 6.03 Å². The number of urea groups is 1. The third-order valence-electron chi connectivity index (χ3n) is 3.41. The van der Waals surface area contributed by atoms with Crippen LogP contribution in [0, 0.1) is 55.4 Å². The smallest absolute Gasteiger partial charge is 0.322 e. The fourth-order valence-corrected chi connectivity index (χ4v) is 2.36. The Morgan fingerprint density at radius 3 is 2.80 bits per heavy atom. The predicted molar refractivity (Wildman–Crippen MR) is 90.8 cm³/mol. The van der Waals surface area contributed by atoms with E-state index in [1.807, 2.05) is 6.07 Å². The molecule has 2 amide bonds. The van der Waals surface area contributed by atoms with Crippen molar-refractivity contribution in [1.82, 2.24) is 10.3 Å². The first-order chi connectivity index (χ1) is 11.6. The average Bonchev–Trinajstić information content (AvgIpc) is 2.96. The topological polar surface area (TPSA) is 115 Å². The number of carbonyl (C=O) groups excluding carboxylic acids is 1. The molecule has 2 aromatic carbocycles. The molecule has 0 saturated heterocycles. The molecule has 0 aliphatic heterocycles. The SMILES string of the molecule is CCNC(=O)Nc1nc2cc(-c3ccccc3[NH-])cc(C#N)c2o1.[Ac]. The number of hydrogen-bond acceptors (Lipinski definition) is 4. The molecule has 0 bridgehead atoms. The number of aromatic nitrogens is 1. The van der Waals surface area contributed by atoms with Gasteiger partial charge in [0, 0.05) is 50.6 Å². The maximum Gasteiger partial charge on any atom is 0.322 e. The predicted octanol–water partition coefficient (Wildman–Crippen LogP) is 4.19.